The average Bonchev–Trinajstić information content (AvgIpc) is 2.93. The summed E-state index contributed by atoms with van der Waals surface area (Å²) in [5.41, 5.74) is 3.27. The van der Waals surface area contributed by atoms with Crippen LogP contribution >= 0.6 is 0 Å². The Bertz CT molecular complexity index is 1430. The molecule has 0 aromatic heterocycles. The quantitative estimate of drug-likeness (QED) is 0.463. The monoisotopic (exact) mass is 473 g/mol. The lowest BCUT2D eigenvalue weighted by Gasteiger charge is -2.37. The van der Waals surface area contributed by atoms with Gasteiger partial charge in [0.05, 0.1) is 13.2 Å². The van der Waals surface area contributed by atoms with Crippen LogP contribution in [0.3, 0.4) is 0 Å². The Balaban J connectivity index is 1.88. The molecule has 6 nitrogen and oxygen atoms in total. The fourth-order valence-electron chi connectivity index (χ4n) is 4.16. The van der Waals surface area contributed by atoms with E-state index in [1.165, 1.54) is 13.2 Å². The highest BCUT2D eigenvalue weighted by molar-refractivity contribution is 5.96. The summed E-state index contributed by atoms with van der Waals surface area (Å²) in [6.45, 7) is 0. The van der Waals surface area contributed by atoms with Gasteiger partial charge in [-0.3, -0.25) is 4.79 Å². The van der Waals surface area contributed by atoms with Gasteiger partial charge in [-0.1, -0.05) is 60.7 Å². The molecule has 0 spiro atoms. The van der Waals surface area contributed by atoms with Crippen LogP contribution in [0, 0.1) is 22.7 Å². The molecule has 3 aromatic carbocycles. The second-order valence-electron chi connectivity index (χ2n) is 8.13. The summed E-state index contributed by atoms with van der Waals surface area (Å²) in [6.07, 6.45) is 5.61. The fraction of sp³-hybridized carbons (Fsp3) is 0.100. The van der Waals surface area contributed by atoms with Crippen molar-refractivity contribution in [1.29, 1.82) is 10.5 Å². The number of carbonyl (C=O) groups is 1. The lowest BCUT2D eigenvalue weighted by atomic mass is 9.89. The van der Waals surface area contributed by atoms with Gasteiger partial charge in [-0.05, 0) is 59.5 Å². The van der Waals surface area contributed by atoms with Crippen molar-refractivity contribution in [3.8, 4) is 23.6 Å². The number of nitrogens with zero attached hydrogens (tertiary/aromatic N) is 3. The molecule has 0 saturated carbocycles. The van der Waals surface area contributed by atoms with Crippen molar-refractivity contribution in [1.82, 2.24) is 4.90 Å². The van der Waals surface area contributed by atoms with Gasteiger partial charge in [0.25, 0.3) is 5.91 Å². The number of benzene rings is 3. The Morgan fingerprint density at radius 2 is 1.67 bits per heavy atom. The van der Waals surface area contributed by atoms with Crippen molar-refractivity contribution in [2.75, 3.05) is 7.11 Å². The Morgan fingerprint density at radius 3 is 2.31 bits per heavy atom. The van der Waals surface area contributed by atoms with Crippen LogP contribution in [0.2, 0.25) is 0 Å². The maximum Gasteiger partial charge on any atom is 0.258 e. The molecule has 1 aliphatic heterocycles. The van der Waals surface area contributed by atoms with Crippen LogP contribution in [0.15, 0.2) is 108 Å². The Morgan fingerprint density at radius 1 is 1.00 bits per heavy atom. The van der Waals surface area contributed by atoms with Gasteiger partial charge in [0.15, 0.2) is 11.5 Å². The van der Waals surface area contributed by atoms with E-state index in [2.05, 4.69) is 0 Å². The van der Waals surface area contributed by atoms with Gasteiger partial charge >= 0.3 is 0 Å². The number of phenolic OH excluding ortho intramolecular Hbond substituents is 1. The molecule has 1 amide bonds. The second kappa shape index (κ2) is 10.9. The van der Waals surface area contributed by atoms with Crippen LogP contribution in [0.25, 0.3) is 6.08 Å². The zero-order chi connectivity index (χ0) is 25.5. The van der Waals surface area contributed by atoms with Crippen LogP contribution in [-0.4, -0.2) is 23.0 Å². The molecule has 0 radical (unpaired) electrons. The number of carbonyl (C=O) groups excluding carboxylic acids is 1. The first-order valence-corrected chi connectivity index (χ1v) is 11.3. The first kappa shape index (κ1) is 24.1. The Hall–Kier alpha value is -5.07. The van der Waals surface area contributed by atoms with Crippen LogP contribution in [0.5, 0.6) is 11.5 Å². The van der Waals surface area contributed by atoms with Gasteiger partial charge in [-0.25, -0.2) is 0 Å². The molecule has 36 heavy (non-hydrogen) atoms. The number of amides is 1. The van der Waals surface area contributed by atoms with E-state index in [9.17, 15) is 20.4 Å². The van der Waals surface area contributed by atoms with E-state index in [-0.39, 0.29) is 17.2 Å². The number of allylic oxidation sites excluding steroid dienone is 3. The summed E-state index contributed by atoms with van der Waals surface area (Å²) in [5.74, 6) is 0.151. The SMILES string of the molecule is COc1cc(C=CC2=CC(=C(C#N)C#N)CC(c3ccccc3)N2C(=O)c2ccccc2)ccc1O. The topological polar surface area (TPSA) is 97.4 Å². The third-order valence-electron chi connectivity index (χ3n) is 5.94. The van der Waals surface area contributed by atoms with Crippen molar-refractivity contribution in [2.24, 2.45) is 0 Å². The van der Waals surface area contributed by atoms with Gasteiger partial charge in [-0.15, -0.1) is 0 Å². The number of phenols is 1. The molecule has 3 aromatic rings. The molecule has 0 fully saturated rings. The number of hydrogen-bond donors (Lipinski definition) is 1. The predicted octanol–water partition coefficient (Wildman–Crippen LogP) is 5.93. The minimum absolute atomic E-state index is 0.0138. The second-order valence-corrected chi connectivity index (χ2v) is 8.13. The zero-order valence-electron chi connectivity index (χ0n) is 19.6. The maximum atomic E-state index is 13.8. The smallest absolute Gasteiger partial charge is 0.258 e. The number of rotatable bonds is 5. The molecule has 1 unspecified atom stereocenters. The molecule has 0 aliphatic carbocycles. The van der Waals surface area contributed by atoms with E-state index in [1.54, 1.807) is 47.4 Å². The summed E-state index contributed by atoms with van der Waals surface area (Å²) in [5, 5.41) is 29.1. The van der Waals surface area contributed by atoms with Crippen molar-refractivity contribution in [3.05, 3.63) is 125 Å². The molecule has 0 bridgehead atoms. The number of nitriles is 2. The summed E-state index contributed by atoms with van der Waals surface area (Å²) < 4.78 is 5.20. The van der Waals surface area contributed by atoms with E-state index < -0.39 is 6.04 Å². The molecule has 1 atom stereocenters. The number of methoxy groups -OCH3 is 1. The molecule has 1 N–H and O–H groups in total. The summed E-state index contributed by atoms with van der Waals surface area (Å²) in [6, 6.07) is 27.0. The third-order valence-corrected chi connectivity index (χ3v) is 5.94. The molecular weight excluding hydrogens is 450 g/mol. The molecule has 4 rings (SSSR count). The van der Waals surface area contributed by atoms with Crippen LogP contribution < -0.4 is 4.74 Å². The van der Waals surface area contributed by atoms with Crippen LogP contribution in [0.4, 0.5) is 0 Å². The van der Waals surface area contributed by atoms with Crippen LogP contribution in [-0.2, 0) is 0 Å². The number of aromatic hydroxyl groups is 1. The third kappa shape index (κ3) is 5.04. The van der Waals surface area contributed by atoms with Gasteiger partial charge in [0.1, 0.15) is 17.7 Å². The molecule has 0 saturated heterocycles. The highest BCUT2D eigenvalue weighted by atomic mass is 16.5. The fourth-order valence-corrected chi connectivity index (χ4v) is 4.16. The normalized spacial score (nSPS) is 15.1. The zero-order valence-corrected chi connectivity index (χ0v) is 19.6. The molecule has 6 heteroatoms. The minimum Gasteiger partial charge on any atom is -0.504 e. The van der Waals surface area contributed by atoms with Gasteiger partial charge in [0.2, 0.25) is 0 Å². The maximum absolute atomic E-state index is 13.8. The largest absolute Gasteiger partial charge is 0.504 e. The van der Waals surface area contributed by atoms with Crippen molar-refractivity contribution in [3.63, 3.8) is 0 Å². The minimum atomic E-state index is -0.426. The number of ether oxygens (including phenoxy) is 1. The van der Waals surface area contributed by atoms with E-state index in [0.717, 1.165) is 11.1 Å². The van der Waals surface area contributed by atoms with E-state index in [1.807, 2.05) is 60.7 Å². The lowest BCUT2D eigenvalue weighted by Crippen LogP contribution is -2.36. The highest BCUT2D eigenvalue weighted by Crippen LogP contribution is 2.39. The van der Waals surface area contributed by atoms with Crippen LogP contribution in [0.1, 0.15) is 33.9 Å². The first-order chi connectivity index (χ1) is 17.5. The summed E-state index contributed by atoms with van der Waals surface area (Å²) >= 11 is 0. The Kier molecular flexibility index (Phi) is 7.29. The predicted molar refractivity (Wildman–Crippen MR) is 136 cm³/mol. The van der Waals surface area contributed by atoms with Gasteiger partial charge in [0, 0.05) is 11.3 Å². The highest BCUT2D eigenvalue weighted by Gasteiger charge is 2.33. The van der Waals surface area contributed by atoms with Gasteiger partial charge in [-0.2, -0.15) is 10.5 Å². The molecule has 1 aliphatic rings. The lowest BCUT2D eigenvalue weighted by molar-refractivity contribution is 0.0744. The van der Waals surface area contributed by atoms with Crippen molar-refractivity contribution < 1.29 is 14.6 Å². The number of hydrogen-bond acceptors (Lipinski definition) is 5. The summed E-state index contributed by atoms with van der Waals surface area (Å²) in [7, 11) is 1.47. The molecular formula is C30H23N3O3. The van der Waals surface area contributed by atoms with Gasteiger partial charge < -0.3 is 14.7 Å². The summed E-state index contributed by atoms with van der Waals surface area (Å²) in [4.78, 5) is 15.5. The van der Waals surface area contributed by atoms with Crippen molar-refractivity contribution >= 4 is 12.0 Å². The van der Waals surface area contributed by atoms with Crippen molar-refractivity contribution in [2.45, 2.75) is 12.5 Å². The first-order valence-electron chi connectivity index (χ1n) is 11.3. The Labute approximate surface area is 209 Å². The standard InChI is InChI=1S/C30H23N3O3/c1-36-29-16-21(13-15-28(29)34)12-14-26-17-24(25(19-31)20-32)18-27(22-8-4-2-5-9-22)33(26)30(35)23-10-6-3-7-11-23/h2-17,27,34H,18H2,1H3. The van der Waals surface area contributed by atoms with E-state index in [4.69, 9.17) is 4.74 Å². The molecule has 176 valence electrons. The van der Waals surface area contributed by atoms with E-state index in [0.29, 0.717) is 29.0 Å². The average molecular weight is 474 g/mol. The molecule has 1 heterocycles. The van der Waals surface area contributed by atoms with E-state index >= 15 is 0 Å².